The van der Waals surface area contributed by atoms with E-state index in [1.807, 2.05) is 0 Å². The molecule has 1 amide bonds. The molecule has 0 spiro atoms. The number of amides is 1. The second kappa shape index (κ2) is 5.95. The zero-order valence-electron chi connectivity index (χ0n) is 10.6. The van der Waals surface area contributed by atoms with Gasteiger partial charge >= 0.3 is 0 Å². The van der Waals surface area contributed by atoms with E-state index < -0.39 is 0 Å². The van der Waals surface area contributed by atoms with Crippen LogP contribution in [0.3, 0.4) is 0 Å². The number of carbonyl (C=O) groups excluding carboxylic acids is 1. The van der Waals surface area contributed by atoms with Gasteiger partial charge in [0.15, 0.2) is 0 Å². The summed E-state index contributed by atoms with van der Waals surface area (Å²) in [7, 11) is 0. The smallest absolute Gasteiger partial charge is 0.244 e. The molecule has 0 bridgehead atoms. The molecule has 0 aliphatic carbocycles. The molecule has 5 heteroatoms. The minimum absolute atomic E-state index is 0.0723. The lowest BCUT2D eigenvalue weighted by Crippen LogP contribution is -2.48. The molecule has 1 heterocycles. The van der Waals surface area contributed by atoms with Crippen LogP contribution in [0.25, 0.3) is 6.08 Å². The second-order valence-electron chi connectivity index (χ2n) is 5.06. The van der Waals surface area contributed by atoms with E-state index in [1.165, 1.54) is 6.08 Å². The van der Waals surface area contributed by atoms with Crippen LogP contribution in [0.15, 0.2) is 24.3 Å². The third-order valence-electron chi connectivity index (χ3n) is 2.90. The van der Waals surface area contributed by atoms with Crippen LogP contribution >= 0.6 is 23.2 Å². The van der Waals surface area contributed by atoms with Crippen molar-refractivity contribution in [1.82, 2.24) is 5.32 Å². The highest BCUT2D eigenvalue weighted by Crippen LogP contribution is 2.25. The maximum Gasteiger partial charge on any atom is 0.244 e. The summed E-state index contributed by atoms with van der Waals surface area (Å²) in [6.45, 7) is 4.09. The zero-order valence-corrected chi connectivity index (χ0v) is 12.1. The molecular formula is C14H15Cl2NO2. The molecule has 2 rings (SSSR count). The molecule has 1 N–H and O–H groups in total. The molecule has 3 nitrogen and oxygen atoms in total. The molecular weight excluding hydrogens is 285 g/mol. The lowest BCUT2D eigenvalue weighted by molar-refractivity contribution is -0.122. The van der Waals surface area contributed by atoms with Crippen LogP contribution in [-0.4, -0.2) is 25.7 Å². The van der Waals surface area contributed by atoms with Crippen LogP contribution in [0.2, 0.25) is 10.0 Å². The third kappa shape index (κ3) is 4.23. The largest absolute Gasteiger partial charge is 0.380 e. The highest BCUT2D eigenvalue weighted by molar-refractivity contribution is 6.34. The number of carbonyl (C=O) groups is 1. The predicted molar refractivity (Wildman–Crippen MR) is 77.4 cm³/mol. The molecule has 0 atom stereocenters. The van der Waals surface area contributed by atoms with Crippen LogP contribution in [0.4, 0.5) is 0 Å². The summed E-state index contributed by atoms with van der Waals surface area (Å²) in [6, 6.07) is 5.15. The maximum atomic E-state index is 11.7. The van der Waals surface area contributed by atoms with E-state index in [-0.39, 0.29) is 11.3 Å². The summed E-state index contributed by atoms with van der Waals surface area (Å²) in [4.78, 5) is 11.7. The van der Waals surface area contributed by atoms with Gasteiger partial charge in [0, 0.05) is 28.1 Å². The van der Waals surface area contributed by atoms with E-state index in [0.29, 0.717) is 29.8 Å². The molecule has 102 valence electrons. The molecule has 0 aromatic heterocycles. The second-order valence-corrected chi connectivity index (χ2v) is 5.93. The van der Waals surface area contributed by atoms with Gasteiger partial charge in [-0.3, -0.25) is 4.79 Å². The Kier molecular flexibility index (Phi) is 4.50. The van der Waals surface area contributed by atoms with Gasteiger partial charge in [-0.15, -0.1) is 0 Å². The van der Waals surface area contributed by atoms with E-state index in [2.05, 4.69) is 12.2 Å². The quantitative estimate of drug-likeness (QED) is 0.867. The van der Waals surface area contributed by atoms with Gasteiger partial charge in [-0.25, -0.2) is 0 Å². The Bertz CT molecular complexity index is 490. The summed E-state index contributed by atoms with van der Waals surface area (Å²) >= 11 is 11.8. The number of ether oxygens (including phenoxy) is 1. The van der Waals surface area contributed by atoms with Crippen molar-refractivity contribution in [3.63, 3.8) is 0 Å². The molecule has 1 saturated heterocycles. The Labute approximate surface area is 122 Å². The average Bonchev–Trinajstić information content (AvgIpc) is 2.30. The van der Waals surface area contributed by atoms with Crippen LogP contribution < -0.4 is 5.32 Å². The van der Waals surface area contributed by atoms with Gasteiger partial charge in [0.1, 0.15) is 0 Å². The van der Waals surface area contributed by atoms with Gasteiger partial charge < -0.3 is 10.1 Å². The highest BCUT2D eigenvalue weighted by atomic mass is 35.5. The Balaban J connectivity index is 1.88. The molecule has 0 unspecified atom stereocenters. The van der Waals surface area contributed by atoms with E-state index in [1.54, 1.807) is 24.3 Å². The SMILES string of the molecule is CC1(CNC(=O)C=Cc2cc(Cl)cc(Cl)c2)COC1. The fourth-order valence-corrected chi connectivity index (χ4v) is 2.30. The topological polar surface area (TPSA) is 38.3 Å². The Hall–Kier alpha value is -1.03. The van der Waals surface area contributed by atoms with Gasteiger partial charge in [-0.1, -0.05) is 30.1 Å². The number of benzene rings is 1. The van der Waals surface area contributed by atoms with Gasteiger partial charge in [0.05, 0.1) is 13.2 Å². The van der Waals surface area contributed by atoms with Gasteiger partial charge in [-0.05, 0) is 29.8 Å². The predicted octanol–water partition coefficient (Wildman–Crippen LogP) is 3.16. The van der Waals surface area contributed by atoms with E-state index in [9.17, 15) is 4.79 Å². The molecule has 1 aliphatic heterocycles. The average molecular weight is 300 g/mol. The number of hydrogen-bond donors (Lipinski definition) is 1. The summed E-state index contributed by atoms with van der Waals surface area (Å²) in [5.74, 6) is -0.135. The van der Waals surface area contributed by atoms with Crippen molar-refractivity contribution in [2.24, 2.45) is 5.41 Å². The fourth-order valence-electron chi connectivity index (χ4n) is 1.76. The molecule has 1 fully saturated rings. The van der Waals surface area contributed by atoms with E-state index in [0.717, 1.165) is 5.56 Å². The number of halogens is 2. The van der Waals surface area contributed by atoms with Crippen molar-refractivity contribution in [2.45, 2.75) is 6.92 Å². The Morgan fingerprint density at radius 3 is 2.53 bits per heavy atom. The van der Waals surface area contributed by atoms with Gasteiger partial charge in [0.25, 0.3) is 0 Å². The fraction of sp³-hybridized carbons (Fsp3) is 0.357. The summed E-state index contributed by atoms with van der Waals surface area (Å²) in [6.07, 6.45) is 3.16. The molecule has 1 aromatic rings. The van der Waals surface area contributed by atoms with E-state index in [4.69, 9.17) is 27.9 Å². The lowest BCUT2D eigenvalue weighted by Gasteiger charge is -2.37. The van der Waals surface area contributed by atoms with Crippen molar-refractivity contribution in [2.75, 3.05) is 19.8 Å². The van der Waals surface area contributed by atoms with Crippen LogP contribution in [-0.2, 0) is 9.53 Å². The Morgan fingerprint density at radius 2 is 2.00 bits per heavy atom. The van der Waals surface area contributed by atoms with Gasteiger partial charge in [-0.2, -0.15) is 0 Å². The molecule has 0 radical (unpaired) electrons. The van der Waals surface area contributed by atoms with Crippen molar-refractivity contribution in [3.8, 4) is 0 Å². The molecule has 1 aromatic carbocycles. The minimum atomic E-state index is -0.135. The van der Waals surface area contributed by atoms with Crippen LogP contribution in [0, 0.1) is 5.41 Å². The first kappa shape index (κ1) is 14.4. The lowest BCUT2D eigenvalue weighted by atomic mass is 9.89. The highest BCUT2D eigenvalue weighted by Gasteiger charge is 2.33. The normalized spacial score (nSPS) is 17.2. The number of nitrogens with one attached hydrogen (secondary N) is 1. The first-order valence-corrected chi connectivity index (χ1v) is 6.72. The van der Waals surface area contributed by atoms with Crippen molar-refractivity contribution >= 4 is 35.2 Å². The summed E-state index contributed by atoms with van der Waals surface area (Å²) in [5.41, 5.74) is 0.869. The summed E-state index contributed by atoms with van der Waals surface area (Å²) < 4.78 is 5.13. The van der Waals surface area contributed by atoms with Crippen LogP contribution in [0.1, 0.15) is 12.5 Å². The maximum absolute atomic E-state index is 11.7. The monoisotopic (exact) mass is 299 g/mol. The molecule has 1 aliphatic rings. The standard InChI is InChI=1S/C14H15Cl2NO2/c1-14(8-19-9-14)7-17-13(18)3-2-10-4-11(15)6-12(16)5-10/h2-6H,7-9H2,1H3,(H,17,18). The molecule has 0 saturated carbocycles. The molecule has 19 heavy (non-hydrogen) atoms. The first-order chi connectivity index (χ1) is 8.97. The Morgan fingerprint density at radius 1 is 1.37 bits per heavy atom. The van der Waals surface area contributed by atoms with E-state index >= 15 is 0 Å². The zero-order chi connectivity index (χ0) is 13.9. The third-order valence-corrected chi connectivity index (χ3v) is 3.34. The van der Waals surface area contributed by atoms with Gasteiger partial charge in [0.2, 0.25) is 5.91 Å². The minimum Gasteiger partial charge on any atom is -0.380 e. The summed E-state index contributed by atoms with van der Waals surface area (Å²) in [5, 5.41) is 3.95. The number of hydrogen-bond acceptors (Lipinski definition) is 2. The first-order valence-electron chi connectivity index (χ1n) is 5.97. The van der Waals surface area contributed by atoms with Crippen molar-refractivity contribution < 1.29 is 9.53 Å². The van der Waals surface area contributed by atoms with Crippen molar-refractivity contribution in [1.29, 1.82) is 0 Å². The number of rotatable bonds is 4. The van der Waals surface area contributed by atoms with Crippen molar-refractivity contribution in [3.05, 3.63) is 39.9 Å². The van der Waals surface area contributed by atoms with Crippen LogP contribution in [0.5, 0.6) is 0 Å².